The minimum atomic E-state index is 0. The first kappa shape index (κ1) is 19.8. The Bertz CT molecular complexity index is 151. The van der Waals surface area contributed by atoms with Crippen molar-refractivity contribution in [3.8, 4) is 0 Å². The number of rotatable bonds is 10. The van der Waals surface area contributed by atoms with E-state index in [0.717, 1.165) is 10.4 Å². The van der Waals surface area contributed by atoms with Crippen LogP contribution in [0.2, 0.25) is 0 Å². The highest BCUT2D eigenvalue weighted by molar-refractivity contribution is 4.53. The number of hydrogen-bond acceptors (Lipinski definition) is 0. The van der Waals surface area contributed by atoms with Crippen LogP contribution in [0.15, 0.2) is 0 Å². The smallest absolute Gasteiger partial charge is 0.0806 e. The van der Waals surface area contributed by atoms with E-state index in [-0.39, 0.29) is 17.0 Å². The number of quaternary nitrogens is 1. The number of nitrogens with zero attached hydrogens (tertiary/aromatic N) is 1. The molecule has 0 heterocycles. The van der Waals surface area contributed by atoms with E-state index >= 15 is 0 Å². The van der Waals surface area contributed by atoms with E-state index in [1.54, 1.807) is 0 Å². The Balaban J connectivity index is 0. The van der Waals surface area contributed by atoms with Gasteiger partial charge in [0.25, 0.3) is 0 Å². The Morgan fingerprint density at radius 1 is 0.824 bits per heavy atom. The molecule has 0 aromatic carbocycles. The van der Waals surface area contributed by atoms with Gasteiger partial charge in [-0.25, -0.2) is 0 Å². The molecule has 0 rings (SSSR count). The highest BCUT2D eigenvalue weighted by Crippen LogP contribution is 2.14. The predicted molar refractivity (Wildman–Crippen MR) is 74.7 cm³/mol. The molecule has 1 atom stereocenters. The minimum Gasteiger partial charge on any atom is -1.00 e. The van der Waals surface area contributed by atoms with Gasteiger partial charge in [-0.3, -0.25) is 0 Å². The summed E-state index contributed by atoms with van der Waals surface area (Å²) in [7, 11) is 6.88. The van der Waals surface area contributed by atoms with Crippen molar-refractivity contribution in [2.24, 2.45) is 5.92 Å². The zero-order valence-corrected chi connectivity index (χ0v) is 14.4. The van der Waals surface area contributed by atoms with Crippen LogP contribution in [0.25, 0.3) is 0 Å². The molecule has 0 fully saturated rings. The van der Waals surface area contributed by atoms with Crippen LogP contribution >= 0.6 is 0 Å². The van der Waals surface area contributed by atoms with Crippen molar-refractivity contribution in [3.63, 3.8) is 0 Å². The highest BCUT2D eigenvalue weighted by Gasteiger charge is 2.12. The van der Waals surface area contributed by atoms with Gasteiger partial charge in [0.15, 0.2) is 0 Å². The summed E-state index contributed by atoms with van der Waals surface area (Å²) in [5, 5.41) is 0. The van der Waals surface area contributed by atoms with Gasteiger partial charge in [0.05, 0.1) is 27.7 Å². The van der Waals surface area contributed by atoms with Crippen molar-refractivity contribution in [2.45, 2.75) is 65.2 Å². The zero-order valence-electron chi connectivity index (χ0n) is 12.8. The number of hydrogen-bond donors (Lipinski definition) is 0. The van der Waals surface area contributed by atoms with Crippen molar-refractivity contribution >= 4 is 0 Å². The lowest BCUT2D eigenvalue weighted by atomic mass is 10.0. The third-order valence-corrected chi connectivity index (χ3v) is 3.16. The fraction of sp³-hybridized carbons (Fsp3) is 1.00. The molecule has 2 heteroatoms. The van der Waals surface area contributed by atoms with E-state index < -0.39 is 0 Å². The average molecular weight is 308 g/mol. The van der Waals surface area contributed by atoms with Crippen LogP contribution in [0, 0.1) is 5.92 Å². The molecule has 1 unspecified atom stereocenters. The van der Waals surface area contributed by atoms with Crippen LogP contribution < -0.4 is 17.0 Å². The van der Waals surface area contributed by atoms with E-state index in [1.807, 2.05) is 0 Å². The summed E-state index contributed by atoms with van der Waals surface area (Å²) in [6, 6.07) is 0. The second-order valence-corrected chi connectivity index (χ2v) is 6.49. The predicted octanol–water partition coefficient (Wildman–Crippen LogP) is 1.47. The van der Waals surface area contributed by atoms with Crippen molar-refractivity contribution in [1.82, 2.24) is 0 Å². The first-order valence-electron chi connectivity index (χ1n) is 7.26. The molecule has 0 radical (unpaired) electrons. The van der Waals surface area contributed by atoms with Crippen molar-refractivity contribution in [3.05, 3.63) is 0 Å². The fourth-order valence-corrected chi connectivity index (χ4v) is 2.48. The van der Waals surface area contributed by atoms with Crippen LogP contribution in [0.4, 0.5) is 0 Å². The normalized spacial score (nSPS) is 13.2. The van der Waals surface area contributed by atoms with Gasteiger partial charge in [-0.2, -0.15) is 0 Å². The Morgan fingerprint density at radius 2 is 1.29 bits per heavy atom. The molecule has 0 aromatic heterocycles. The SMILES string of the molecule is CCCCCCCCCC(C)C[N+](C)(C)C.[Br-]. The summed E-state index contributed by atoms with van der Waals surface area (Å²) in [6.45, 7) is 6.00. The molecular formula is C15H34BrN. The number of unbranched alkanes of at least 4 members (excludes halogenated alkanes) is 6. The first-order chi connectivity index (χ1) is 7.45. The summed E-state index contributed by atoms with van der Waals surface area (Å²) in [5.41, 5.74) is 0. The Hall–Kier alpha value is 0.440. The van der Waals surface area contributed by atoms with Gasteiger partial charge in [0.1, 0.15) is 0 Å². The second-order valence-electron chi connectivity index (χ2n) is 6.49. The Labute approximate surface area is 120 Å². The molecule has 0 N–H and O–H groups in total. The molecule has 0 aliphatic carbocycles. The lowest BCUT2D eigenvalue weighted by molar-refractivity contribution is -0.873. The molecule has 0 aliphatic rings. The molecule has 0 saturated heterocycles. The van der Waals surface area contributed by atoms with Crippen molar-refractivity contribution in [2.75, 3.05) is 27.7 Å². The summed E-state index contributed by atoms with van der Waals surface area (Å²) >= 11 is 0. The van der Waals surface area contributed by atoms with Crippen LogP contribution in [0.5, 0.6) is 0 Å². The topological polar surface area (TPSA) is 0 Å². The maximum atomic E-state index is 2.40. The van der Waals surface area contributed by atoms with Crippen LogP contribution in [-0.4, -0.2) is 32.2 Å². The minimum absolute atomic E-state index is 0. The monoisotopic (exact) mass is 307 g/mol. The summed E-state index contributed by atoms with van der Waals surface area (Å²) in [6.07, 6.45) is 11.5. The van der Waals surface area contributed by atoms with Gasteiger partial charge in [0, 0.05) is 5.92 Å². The Kier molecular flexibility index (Phi) is 13.4. The molecule has 0 amide bonds. The standard InChI is InChI=1S/C15H34N.BrH/c1-6-7-8-9-10-11-12-13-15(2)14-16(3,4)5;/h15H,6-14H2,1-5H3;1H/q+1;/p-1. The fourth-order valence-electron chi connectivity index (χ4n) is 2.48. The molecule has 0 spiro atoms. The largest absolute Gasteiger partial charge is 1.00 e. The molecule has 0 saturated carbocycles. The second kappa shape index (κ2) is 11.5. The summed E-state index contributed by atoms with van der Waals surface area (Å²) in [4.78, 5) is 0. The number of halogens is 1. The summed E-state index contributed by atoms with van der Waals surface area (Å²) in [5.74, 6) is 0.885. The average Bonchev–Trinajstić information content (AvgIpc) is 2.13. The van der Waals surface area contributed by atoms with Gasteiger partial charge < -0.3 is 21.5 Å². The van der Waals surface area contributed by atoms with E-state index in [4.69, 9.17) is 0 Å². The molecule has 106 valence electrons. The maximum absolute atomic E-state index is 2.40. The quantitative estimate of drug-likeness (QED) is 0.423. The molecule has 17 heavy (non-hydrogen) atoms. The third-order valence-electron chi connectivity index (χ3n) is 3.16. The van der Waals surface area contributed by atoms with E-state index in [2.05, 4.69) is 35.0 Å². The van der Waals surface area contributed by atoms with Gasteiger partial charge in [-0.15, -0.1) is 0 Å². The van der Waals surface area contributed by atoms with E-state index in [9.17, 15) is 0 Å². The zero-order chi connectivity index (χ0) is 12.4. The van der Waals surface area contributed by atoms with E-state index in [1.165, 1.54) is 57.9 Å². The van der Waals surface area contributed by atoms with Crippen molar-refractivity contribution < 1.29 is 21.5 Å². The molecule has 0 bridgehead atoms. The Morgan fingerprint density at radius 3 is 1.76 bits per heavy atom. The van der Waals surface area contributed by atoms with Crippen LogP contribution in [0.1, 0.15) is 65.2 Å². The maximum Gasteiger partial charge on any atom is 0.0806 e. The van der Waals surface area contributed by atoms with Crippen LogP contribution in [-0.2, 0) is 0 Å². The van der Waals surface area contributed by atoms with Crippen molar-refractivity contribution in [1.29, 1.82) is 0 Å². The molecular weight excluding hydrogens is 274 g/mol. The van der Waals surface area contributed by atoms with Crippen LogP contribution in [0.3, 0.4) is 0 Å². The molecule has 1 nitrogen and oxygen atoms in total. The third kappa shape index (κ3) is 16.4. The van der Waals surface area contributed by atoms with Gasteiger partial charge >= 0.3 is 0 Å². The van der Waals surface area contributed by atoms with E-state index in [0.29, 0.717) is 0 Å². The van der Waals surface area contributed by atoms with Gasteiger partial charge in [-0.1, -0.05) is 58.8 Å². The highest BCUT2D eigenvalue weighted by atomic mass is 79.9. The first-order valence-corrected chi connectivity index (χ1v) is 7.26. The molecule has 0 aromatic rings. The lowest BCUT2D eigenvalue weighted by Gasteiger charge is -2.27. The lowest BCUT2D eigenvalue weighted by Crippen LogP contribution is -3.00. The van der Waals surface area contributed by atoms with Gasteiger partial charge in [-0.05, 0) is 6.42 Å². The van der Waals surface area contributed by atoms with Gasteiger partial charge in [0.2, 0.25) is 0 Å². The molecule has 0 aliphatic heterocycles. The summed E-state index contributed by atoms with van der Waals surface area (Å²) < 4.78 is 1.11.